The second-order valence-electron chi connectivity index (χ2n) is 6.47. The quantitative estimate of drug-likeness (QED) is 0.674. The second kappa shape index (κ2) is 7.13. The number of anilines is 1. The number of thiophene rings is 1. The van der Waals surface area contributed by atoms with Gasteiger partial charge < -0.3 is 10.1 Å². The number of nitrogens with zero attached hydrogens (tertiary/aromatic N) is 2. The fourth-order valence-electron chi connectivity index (χ4n) is 3.10. The van der Waals surface area contributed by atoms with E-state index in [1.807, 2.05) is 12.1 Å². The molecule has 1 amide bonds. The zero-order valence-electron chi connectivity index (χ0n) is 14.2. The Kier molecular flexibility index (Phi) is 4.69. The van der Waals surface area contributed by atoms with Gasteiger partial charge in [-0.2, -0.15) is 8.73 Å². The van der Waals surface area contributed by atoms with Crippen molar-refractivity contribution >= 4 is 51.6 Å². The molecule has 6 nitrogen and oxygen atoms in total. The number of carbonyl (C=O) groups is 2. The molecule has 0 unspecified atom stereocenters. The molecule has 4 rings (SSSR count). The predicted octanol–water partition coefficient (Wildman–Crippen LogP) is 4.39. The number of rotatable bonds is 4. The Morgan fingerprint density at radius 3 is 3.12 bits per heavy atom. The van der Waals surface area contributed by atoms with Gasteiger partial charge in [-0.25, -0.2) is 4.79 Å². The molecule has 1 aromatic carbocycles. The summed E-state index contributed by atoms with van der Waals surface area (Å²) in [5.41, 5.74) is 3.17. The molecule has 1 atom stereocenters. The van der Waals surface area contributed by atoms with Crippen molar-refractivity contribution < 1.29 is 14.3 Å². The second-order valence-corrected chi connectivity index (χ2v) is 8.13. The molecule has 0 saturated carbocycles. The van der Waals surface area contributed by atoms with E-state index in [1.54, 1.807) is 12.1 Å². The lowest BCUT2D eigenvalue weighted by Gasteiger charge is -2.16. The Morgan fingerprint density at radius 1 is 1.35 bits per heavy atom. The molecule has 0 bridgehead atoms. The summed E-state index contributed by atoms with van der Waals surface area (Å²) in [7, 11) is 0. The van der Waals surface area contributed by atoms with Gasteiger partial charge in [0.05, 0.1) is 17.0 Å². The minimum absolute atomic E-state index is 0.328. The van der Waals surface area contributed by atoms with Gasteiger partial charge in [-0.05, 0) is 48.9 Å². The monoisotopic (exact) mass is 387 g/mol. The van der Waals surface area contributed by atoms with Gasteiger partial charge >= 0.3 is 5.97 Å². The number of aryl methyl sites for hydroxylation is 1. The number of carbonyl (C=O) groups excluding carboxylic acids is 2. The van der Waals surface area contributed by atoms with Crippen LogP contribution in [-0.2, 0) is 33.7 Å². The smallest absolute Gasteiger partial charge is 0.348 e. The van der Waals surface area contributed by atoms with E-state index in [2.05, 4.69) is 21.0 Å². The zero-order chi connectivity index (χ0) is 18.1. The molecule has 26 heavy (non-hydrogen) atoms. The van der Waals surface area contributed by atoms with Gasteiger partial charge in [-0.3, -0.25) is 4.79 Å². The average Bonchev–Trinajstić information content (AvgIpc) is 3.26. The molecular formula is C18H17N3O3S2. The molecule has 8 heteroatoms. The van der Waals surface area contributed by atoms with Crippen molar-refractivity contribution in [2.75, 3.05) is 11.9 Å². The van der Waals surface area contributed by atoms with Crippen molar-refractivity contribution in [2.45, 2.75) is 26.2 Å². The van der Waals surface area contributed by atoms with Crippen molar-refractivity contribution in [2.24, 2.45) is 14.6 Å². The number of esters is 1. The maximum Gasteiger partial charge on any atom is 0.348 e. The Bertz CT molecular complexity index is 961. The van der Waals surface area contributed by atoms with E-state index in [-0.39, 0.29) is 6.61 Å². The zero-order valence-corrected chi connectivity index (χ0v) is 15.8. The number of fused-ring (bicyclic) bond motifs is 2. The summed E-state index contributed by atoms with van der Waals surface area (Å²) in [5.74, 6) is -0.191. The molecule has 1 aromatic heterocycles. The Labute approximate surface area is 158 Å². The summed E-state index contributed by atoms with van der Waals surface area (Å²) in [4.78, 5) is 26.2. The number of ether oxygens (including phenoxy) is 1. The molecule has 2 heterocycles. The van der Waals surface area contributed by atoms with E-state index < -0.39 is 11.9 Å². The highest BCUT2D eigenvalue weighted by Crippen LogP contribution is 2.38. The maximum atomic E-state index is 12.3. The highest BCUT2D eigenvalue weighted by atomic mass is 32.1. The van der Waals surface area contributed by atoms with E-state index >= 15 is 0 Å². The van der Waals surface area contributed by atoms with Crippen LogP contribution in [0.3, 0.4) is 0 Å². The largest absolute Gasteiger partial charge is 0.451 e. The third-order valence-electron chi connectivity index (χ3n) is 4.42. The third kappa shape index (κ3) is 3.47. The minimum Gasteiger partial charge on any atom is -0.451 e. The number of amides is 1. The van der Waals surface area contributed by atoms with E-state index in [4.69, 9.17) is 4.74 Å². The number of hydrogen-bond acceptors (Lipinski definition) is 6. The van der Waals surface area contributed by atoms with E-state index in [1.165, 1.54) is 21.8 Å². The molecule has 0 radical (unpaired) electrons. The first-order chi connectivity index (χ1) is 12.6. The Balaban J connectivity index is 1.36. The molecule has 1 aliphatic carbocycles. The number of benzene rings is 1. The first-order valence-corrected chi connectivity index (χ1v) is 9.94. The van der Waals surface area contributed by atoms with Gasteiger partial charge in [-0.15, -0.1) is 11.3 Å². The highest BCUT2D eigenvalue weighted by Gasteiger charge is 2.22. The van der Waals surface area contributed by atoms with Gasteiger partial charge in [0, 0.05) is 4.88 Å². The van der Waals surface area contributed by atoms with Crippen LogP contribution in [0.25, 0.3) is 0 Å². The first-order valence-electron chi connectivity index (χ1n) is 8.40. The molecule has 1 aliphatic heterocycles. The topological polar surface area (TPSA) is 80.1 Å². The lowest BCUT2D eigenvalue weighted by atomic mass is 9.90. The van der Waals surface area contributed by atoms with Crippen molar-refractivity contribution in [1.29, 1.82) is 0 Å². The SMILES string of the molecule is C[C@@H]1CCc2sc(C(=O)OCC(=O)Nc3cccc4c3N=S=N4)cc2C1. The third-order valence-corrected chi connectivity index (χ3v) is 6.18. The van der Waals surface area contributed by atoms with Crippen LogP contribution in [0.5, 0.6) is 0 Å². The Hall–Kier alpha value is -2.32. The molecule has 134 valence electrons. The lowest BCUT2D eigenvalue weighted by molar-refractivity contribution is -0.119. The summed E-state index contributed by atoms with van der Waals surface area (Å²) in [6.07, 6.45) is 3.17. The fraction of sp³-hybridized carbons (Fsp3) is 0.333. The fourth-order valence-corrected chi connectivity index (χ4v) is 4.75. The maximum absolute atomic E-state index is 12.3. The normalized spacial score (nSPS) is 17.2. The van der Waals surface area contributed by atoms with Crippen molar-refractivity contribution in [1.82, 2.24) is 0 Å². The predicted molar refractivity (Wildman–Crippen MR) is 102 cm³/mol. The van der Waals surface area contributed by atoms with Crippen LogP contribution in [0.2, 0.25) is 0 Å². The van der Waals surface area contributed by atoms with Gasteiger partial charge in [0.25, 0.3) is 5.91 Å². The van der Waals surface area contributed by atoms with Gasteiger partial charge in [0.2, 0.25) is 0 Å². The van der Waals surface area contributed by atoms with Gasteiger partial charge in [-0.1, -0.05) is 13.0 Å². The molecular weight excluding hydrogens is 370 g/mol. The van der Waals surface area contributed by atoms with E-state index in [9.17, 15) is 9.59 Å². The van der Waals surface area contributed by atoms with Crippen molar-refractivity contribution in [3.63, 3.8) is 0 Å². The van der Waals surface area contributed by atoms with Crippen molar-refractivity contribution in [3.05, 3.63) is 39.6 Å². The summed E-state index contributed by atoms with van der Waals surface area (Å²) >= 11 is 2.57. The number of hydrogen-bond donors (Lipinski definition) is 1. The van der Waals surface area contributed by atoms with Crippen LogP contribution in [0.4, 0.5) is 17.1 Å². The molecule has 0 saturated heterocycles. The standard InChI is InChI=1S/C18H17N3O3S2/c1-10-5-6-14-11(7-10)8-15(25-14)18(23)24-9-16(22)19-12-3-2-4-13-17(12)21-26-20-13/h2-4,8,10H,5-7,9H2,1H3,(H,19,22)/t10-/m1/s1. The van der Waals surface area contributed by atoms with Crippen LogP contribution >= 0.6 is 11.3 Å². The van der Waals surface area contributed by atoms with Crippen LogP contribution < -0.4 is 5.32 Å². The van der Waals surface area contributed by atoms with Gasteiger partial charge in [0.1, 0.15) is 16.3 Å². The molecule has 2 aliphatic rings. The Morgan fingerprint density at radius 2 is 2.23 bits per heavy atom. The molecule has 2 aromatic rings. The summed E-state index contributed by atoms with van der Waals surface area (Å²) in [5, 5.41) is 2.72. The van der Waals surface area contributed by atoms with Crippen molar-refractivity contribution in [3.8, 4) is 0 Å². The first kappa shape index (κ1) is 17.1. The molecule has 0 fully saturated rings. The van der Waals surface area contributed by atoms with E-state index in [0.29, 0.717) is 22.2 Å². The highest BCUT2D eigenvalue weighted by molar-refractivity contribution is 7.58. The van der Waals surface area contributed by atoms with Crippen LogP contribution in [0.15, 0.2) is 33.0 Å². The molecule has 0 spiro atoms. The van der Waals surface area contributed by atoms with Crippen LogP contribution in [-0.4, -0.2) is 18.5 Å². The van der Waals surface area contributed by atoms with Crippen LogP contribution in [0.1, 0.15) is 33.5 Å². The minimum atomic E-state index is -0.444. The summed E-state index contributed by atoms with van der Waals surface area (Å²) < 4.78 is 13.5. The van der Waals surface area contributed by atoms with E-state index in [0.717, 1.165) is 36.3 Å². The summed E-state index contributed by atoms with van der Waals surface area (Å²) in [6, 6.07) is 7.28. The lowest BCUT2D eigenvalue weighted by Crippen LogP contribution is -2.20. The van der Waals surface area contributed by atoms with Gasteiger partial charge in [0.15, 0.2) is 6.61 Å². The number of nitrogens with one attached hydrogen (secondary N) is 1. The molecule has 1 N–H and O–H groups in total. The van der Waals surface area contributed by atoms with Crippen LogP contribution in [0, 0.1) is 5.92 Å². The summed E-state index contributed by atoms with van der Waals surface area (Å²) in [6.45, 7) is 1.90. The average molecular weight is 387 g/mol.